The quantitative estimate of drug-likeness (QED) is 0.906. The first-order valence-electron chi connectivity index (χ1n) is 7.11. The lowest BCUT2D eigenvalue weighted by atomic mass is 9.87. The van der Waals surface area contributed by atoms with Crippen LogP contribution in [0.3, 0.4) is 0 Å². The van der Waals surface area contributed by atoms with Gasteiger partial charge in [0.05, 0.1) is 10.0 Å². The lowest BCUT2D eigenvalue weighted by Gasteiger charge is -2.36. The van der Waals surface area contributed by atoms with Crippen LogP contribution in [0.2, 0.25) is 10.0 Å². The highest BCUT2D eigenvalue weighted by molar-refractivity contribution is 6.37. The van der Waals surface area contributed by atoms with Crippen molar-refractivity contribution in [3.8, 4) is 5.75 Å². The molecule has 3 nitrogen and oxygen atoms in total. The van der Waals surface area contributed by atoms with Gasteiger partial charge in [0.2, 0.25) is 0 Å². The van der Waals surface area contributed by atoms with Gasteiger partial charge in [0.25, 0.3) is 0 Å². The Labute approximate surface area is 131 Å². The van der Waals surface area contributed by atoms with Crippen LogP contribution in [0.1, 0.15) is 13.3 Å². The molecule has 0 radical (unpaired) electrons. The number of piperidine rings is 1. The number of likely N-dealkylation sites (tertiary alicyclic amines) is 1. The maximum atomic E-state index is 6.08. The number of halogens is 2. The van der Waals surface area contributed by atoms with Crippen molar-refractivity contribution in [1.29, 1.82) is 0 Å². The van der Waals surface area contributed by atoms with Crippen LogP contribution in [0.25, 0.3) is 0 Å². The summed E-state index contributed by atoms with van der Waals surface area (Å²) >= 11 is 12.2. The van der Waals surface area contributed by atoms with E-state index in [0.717, 1.165) is 32.1 Å². The van der Waals surface area contributed by atoms with Crippen LogP contribution < -0.4 is 10.5 Å². The predicted octanol–water partition coefficient (Wildman–Crippen LogP) is 3.29. The van der Waals surface area contributed by atoms with Gasteiger partial charge in [-0.25, -0.2) is 0 Å². The smallest absolute Gasteiger partial charge is 0.156 e. The average Bonchev–Trinajstić information content (AvgIpc) is 2.44. The van der Waals surface area contributed by atoms with Crippen molar-refractivity contribution in [2.75, 3.05) is 32.8 Å². The molecule has 2 rings (SSSR count). The summed E-state index contributed by atoms with van der Waals surface area (Å²) in [6.45, 7) is 6.68. The van der Waals surface area contributed by atoms with E-state index in [1.54, 1.807) is 12.1 Å². The third-order valence-electron chi connectivity index (χ3n) is 4.07. The normalized spacial score (nSPS) is 23.8. The van der Waals surface area contributed by atoms with Gasteiger partial charge in [-0.3, -0.25) is 4.90 Å². The van der Waals surface area contributed by atoms with E-state index in [0.29, 0.717) is 28.3 Å². The van der Waals surface area contributed by atoms with Crippen molar-refractivity contribution >= 4 is 23.2 Å². The van der Waals surface area contributed by atoms with Crippen LogP contribution in [-0.4, -0.2) is 37.7 Å². The highest BCUT2D eigenvalue weighted by Gasteiger charge is 2.24. The topological polar surface area (TPSA) is 38.5 Å². The molecule has 5 heteroatoms. The van der Waals surface area contributed by atoms with Crippen LogP contribution >= 0.6 is 23.2 Å². The molecule has 1 heterocycles. The molecule has 0 amide bonds. The molecule has 0 saturated carbocycles. The molecular weight excluding hydrogens is 295 g/mol. The monoisotopic (exact) mass is 316 g/mol. The van der Waals surface area contributed by atoms with Gasteiger partial charge in [-0.2, -0.15) is 0 Å². The van der Waals surface area contributed by atoms with Gasteiger partial charge in [-0.1, -0.05) is 36.2 Å². The summed E-state index contributed by atoms with van der Waals surface area (Å²) in [5, 5.41) is 1.12. The summed E-state index contributed by atoms with van der Waals surface area (Å²) in [5.41, 5.74) is 5.82. The van der Waals surface area contributed by atoms with E-state index in [2.05, 4.69) is 11.8 Å². The number of benzene rings is 1. The number of hydrogen-bond acceptors (Lipinski definition) is 3. The molecule has 0 aliphatic carbocycles. The van der Waals surface area contributed by atoms with Gasteiger partial charge in [-0.05, 0) is 43.5 Å². The minimum atomic E-state index is 0.560. The second-order valence-corrected chi connectivity index (χ2v) is 6.28. The molecule has 1 aromatic carbocycles. The molecule has 1 saturated heterocycles. The summed E-state index contributed by atoms with van der Waals surface area (Å²) in [5.74, 6) is 1.89. The van der Waals surface area contributed by atoms with Gasteiger partial charge in [0, 0.05) is 13.1 Å². The SMILES string of the molecule is CC1CCN(CCOc2c(Cl)cccc2Cl)CC1CN. The van der Waals surface area contributed by atoms with Crippen molar-refractivity contribution in [2.24, 2.45) is 17.6 Å². The van der Waals surface area contributed by atoms with Crippen molar-refractivity contribution in [3.05, 3.63) is 28.2 Å². The van der Waals surface area contributed by atoms with E-state index < -0.39 is 0 Å². The van der Waals surface area contributed by atoms with Crippen molar-refractivity contribution in [1.82, 2.24) is 4.90 Å². The molecule has 0 aromatic heterocycles. The number of nitrogens with two attached hydrogens (primary N) is 1. The van der Waals surface area contributed by atoms with Gasteiger partial charge >= 0.3 is 0 Å². The van der Waals surface area contributed by atoms with Crippen LogP contribution in [0.5, 0.6) is 5.75 Å². The van der Waals surface area contributed by atoms with Crippen LogP contribution in [0.15, 0.2) is 18.2 Å². The molecule has 1 aliphatic rings. The van der Waals surface area contributed by atoms with Gasteiger partial charge in [-0.15, -0.1) is 0 Å². The first-order chi connectivity index (χ1) is 9.61. The maximum absolute atomic E-state index is 6.08. The minimum absolute atomic E-state index is 0.560. The Morgan fingerprint density at radius 1 is 1.35 bits per heavy atom. The lowest BCUT2D eigenvalue weighted by molar-refractivity contribution is 0.114. The van der Waals surface area contributed by atoms with Crippen LogP contribution in [-0.2, 0) is 0 Å². The first-order valence-corrected chi connectivity index (χ1v) is 7.86. The standard InChI is InChI=1S/C15H22Cl2N2O/c1-11-5-6-19(10-12(11)9-18)7-8-20-15-13(16)3-2-4-14(15)17/h2-4,11-12H,5-10,18H2,1H3. The molecule has 112 valence electrons. The number of hydrogen-bond donors (Lipinski definition) is 1. The summed E-state index contributed by atoms with van der Waals surface area (Å²) in [6.07, 6.45) is 1.20. The number of para-hydroxylation sites is 1. The molecule has 1 aromatic rings. The van der Waals surface area contributed by atoms with E-state index in [1.807, 2.05) is 6.07 Å². The second-order valence-electron chi connectivity index (χ2n) is 5.46. The Bertz CT molecular complexity index is 422. The van der Waals surface area contributed by atoms with Crippen molar-refractivity contribution in [3.63, 3.8) is 0 Å². The maximum Gasteiger partial charge on any atom is 0.156 e. The second kappa shape index (κ2) is 7.51. The van der Waals surface area contributed by atoms with E-state index in [9.17, 15) is 0 Å². The predicted molar refractivity (Wildman–Crippen MR) is 84.7 cm³/mol. The first kappa shape index (κ1) is 15.9. The van der Waals surface area contributed by atoms with Gasteiger partial charge in [0.15, 0.2) is 5.75 Å². The molecule has 1 aliphatic heterocycles. The molecule has 2 unspecified atom stereocenters. The fraction of sp³-hybridized carbons (Fsp3) is 0.600. The molecule has 0 bridgehead atoms. The van der Waals surface area contributed by atoms with Gasteiger partial charge in [0.1, 0.15) is 6.61 Å². The Kier molecular flexibility index (Phi) is 5.97. The summed E-state index contributed by atoms with van der Waals surface area (Å²) in [6, 6.07) is 5.39. The summed E-state index contributed by atoms with van der Waals surface area (Å²) in [7, 11) is 0. The van der Waals surface area contributed by atoms with Gasteiger partial charge < -0.3 is 10.5 Å². The van der Waals surface area contributed by atoms with Crippen molar-refractivity contribution < 1.29 is 4.74 Å². The molecule has 2 atom stereocenters. The Balaban J connectivity index is 1.81. The van der Waals surface area contributed by atoms with E-state index >= 15 is 0 Å². The summed E-state index contributed by atoms with van der Waals surface area (Å²) < 4.78 is 5.73. The average molecular weight is 317 g/mol. The largest absolute Gasteiger partial charge is 0.489 e. The minimum Gasteiger partial charge on any atom is -0.489 e. The summed E-state index contributed by atoms with van der Waals surface area (Å²) in [4.78, 5) is 2.41. The van der Waals surface area contributed by atoms with Crippen LogP contribution in [0.4, 0.5) is 0 Å². The Morgan fingerprint density at radius 2 is 2.05 bits per heavy atom. The molecule has 0 spiro atoms. The Morgan fingerprint density at radius 3 is 2.70 bits per heavy atom. The zero-order valence-electron chi connectivity index (χ0n) is 11.8. The third kappa shape index (κ3) is 4.01. The fourth-order valence-corrected chi connectivity index (χ4v) is 3.14. The number of ether oxygens (including phenoxy) is 1. The number of rotatable bonds is 5. The molecule has 20 heavy (non-hydrogen) atoms. The highest BCUT2D eigenvalue weighted by atomic mass is 35.5. The van der Waals surface area contributed by atoms with Crippen molar-refractivity contribution in [2.45, 2.75) is 13.3 Å². The zero-order valence-corrected chi connectivity index (χ0v) is 13.3. The van der Waals surface area contributed by atoms with E-state index in [-0.39, 0.29) is 0 Å². The van der Waals surface area contributed by atoms with E-state index in [1.165, 1.54) is 6.42 Å². The molecule has 2 N–H and O–H groups in total. The highest BCUT2D eigenvalue weighted by Crippen LogP contribution is 2.32. The fourth-order valence-electron chi connectivity index (χ4n) is 2.63. The van der Waals surface area contributed by atoms with Crippen LogP contribution in [0, 0.1) is 11.8 Å². The number of nitrogens with zero attached hydrogens (tertiary/aromatic N) is 1. The zero-order chi connectivity index (χ0) is 14.5. The third-order valence-corrected chi connectivity index (χ3v) is 4.67. The lowest BCUT2D eigenvalue weighted by Crippen LogP contribution is -2.44. The molecular formula is C15H22Cl2N2O. The Hall–Kier alpha value is -0.480. The van der Waals surface area contributed by atoms with E-state index in [4.69, 9.17) is 33.7 Å². The molecule has 1 fully saturated rings.